The number of aromatic carboxylic acids is 1. The molecule has 1 aliphatic heterocycles. The smallest absolute Gasteiger partial charge is 0.337 e. The molecule has 2 saturated carbocycles. The zero-order chi connectivity index (χ0) is 22.6. The first-order valence-corrected chi connectivity index (χ1v) is 11.2. The molecular weight excluding hydrogens is 480 g/mol. The quantitative estimate of drug-likeness (QED) is 0.429. The predicted octanol–water partition coefficient (Wildman–Crippen LogP) is 3.15. The van der Waals surface area contributed by atoms with Crippen LogP contribution in [0.1, 0.15) is 27.1 Å². The number of benzene rings is 2. The minimum atomic E-state index is -1.14. The standard InChI is InChI=1S/C23H19BrN2O6/c24-18-13-9-14-17(23(31)32-19(14)18)16(13)21(28)25-11-7-5-10(6-8-11)20(27)26-15-4-2-1-3-12(15)22(29)30/h1-8,13-14,16-19H,9H2,(H,25,28)(H,26,27)(H,29,30)/t13-,14-,16-,17-,18-,19+/m1/s1. The summed E-state index contributed by atoms with van der Waals surface area (Å²) in [5.74, 6) is -2.80. The van der Waals surface area contributed by atoms with Gasteiger partial charge in [0, 0.05) is 17.2 Å². The van der Waals surface area contributed by atoms with Crippen molar-refractivity contribution in [3.05, 3.63) is 59.7 Å². The molecule has 2 bridgehead atoms. The maximum absolute atomic E-state index is 13.0. The van der Waals surface area contributed by atoms with Gasteiger partial charge < -0.3 is 20.5 Å². The Morgan fingerprint density at radius 2 is 1.72 bits per heavy atom. The van der Waals surface area contributed by atoms with Gasteiger partial charge in [-0.3, -0.25) is 14.4 Å². The van der Waals surface area contributed by atoms with Crippen LogP contribution in [0.3, 0.4) is 0 Å². The van der Waals surface area contributed by atoms with Crippen molar-refractivity contribution < 1.29 is 29.0 Å². The second kappa shape index (κ2) is 7.74. The van der Waals surface area contributed by atoms with Crippen LogP contribution in [-0.4, -0.2) is 39.8 Å². The van der Waals surface area contributed by atoms with Crippen LogP contribution in [0.25, 0.3) is 0 Å². The molecule has 0 aromatic heterocycles. The molecule has 0 radical (unpaired) electrons. The Hall–Kier alpha value is -3.20. The summed E-state index contributed by atoms with van der Waals surface area (Å²) in [6.45, 7) is 0. The van der Waals surface area contributed by atoms with E-state index in [0.29, 0.717) is 11.3 Å². The highest BCUT2D eigenvalue weighted by molar-refractivity contribution is 9.09. The first-order valence-electron chi connectivity index (χ1n) is 10.2. The van der Waals surface area contributed by atoms with Crippen molar-refractivity contribution in [2.24, 2.45) is 23.7 Å². The van der Waals surface area contributed by atoms with Crippen molar-refractivity contribution in [1.82, 2.24) is 0 Å². The lowest BCUT2D eigenvalue weighted by atomic mass is 9.79. The second-order valence-electron chi connectivity index (χ2n) is 8.33. The third-order valence-electron chi connectivity index (χ3n) is 6.65. The largest absolute Gasteiger partial charge is 0.478 e. The summed E-state index contributed by atoms with van der Waals surface area (Å²) in [6, 6.07) is 12.4. The molecule has 6 atom stereocenters. The third kappa shape index (κ3) is 3.28. The van der Waals surface area contributed by atoms with E-state index in [4.69, 9.17) is 4.74 Å². The Bertz CT molecular complexity index is 1130. The van der Waals surface area contributed by atoms with Gasteiger partial charge in [-0.25, -0.2) is 4.79 Å². The number of carbonyl (C=O) groups excluding carboxylic acids is 3. The number of rotatable bonds is 5. The molecule has 8 nitrogen and oxygen atoms in total. The molecule has 1 saturated heterocycles. The van der Waals surface area contributed by atoms with Gasteiger partial charge in [-0.15, -0.1) is 0 Å². The van der Waals surface area contributed by atoms with E-state index >= 15 is 0 Å². The molecular formula is C23H19BrN2O6. The number of ether oxygens (including phenoxy) is 1. The Kier molecular flexibility index (Phi) is 5.00. The lowest BCUT2D eigenvalue weighted by molar-refractivity contribution is -0.145. The number of para-hydroxylation sites is 1. The summed E-state index contributed by atoms with van der Waals surface area (Å²) in [5.41, 5.74) is 1.01. The topological polar surface area (TPSA) is 122 Å². The average Bonchev–Trinajstić information content (AvgIpc) is 3.39. The lowest BCUT2D eigenvalue weighted by Crippen LogP contribution is -2.40. The van der Waals surface area contributed by atoms with Crippen LogP contribution in [0.2, 0.25) is 0 Å². The van der Waals surface area contributed by atoms with E-state index in [1.54, 1.807) is 36.4 Å². The maximum Gasteiger partial charge on any atom is 0.337 e. The van der Waals surface area contributed by atoms with Crippen LogP contribution in [0.4, 0.5) is 11.4 Å². The van der Waals surface area contributed by atoms with E-state index in [-0.39, 0.29) is 45.9 Å². The number of nitrogens with one attached hydrogen (secondary N) is 2. The highest BCUT2D eigenvalue weighted by atomic mass is 79.9. The normalized spacial score (nSPS) is 29.5. The molecule has 2 amide bonds. The van der Waals surface area contributed by atoms with Crippen molar-refractivity contribution in [3.8, 4) is 0 Å². The van der Waals surface area contributed by atoms with Gasteiger partial charge >= 0.3 is 11.9 Å². The van der Waals surface area contributed by atoms with Gasteiger partial charge in [0.25, 0.3) is 5.91 Å². The minimum absolute atomic E-state index is 0.00614. The number of carbonyl (C=O) groups is 4. The summed E-state index contributed by atoms with van der Waals surface area (Å²) < 4.78 is 5.45. The fourth-order valence-electron chi connectivity index (χ4n) is 5.23. The molecule has 5 rings (SSSR count). The van der Waals surface area contributed by atoms with Gasteiger partial charge in [-0.05, 0) is 48.7 Å². The number of alkyl halides is 1. The van der Waals surface area contributed by atoms with Crippen molar-refractivity contribution >= 4 is 51.1 Å². The Morgan fingerprint density at radius 3 is 2.44 bits per heavy atom. The van der Waals surface area contributed by atoms with Gasteiger partial charge in [-0.1, -0.05) is 28.1 Å². The zero-order valence-corrected chi connectivity index (χ0v) is 18.2. The fraction of sp³-hybridized carbons (Fsp3) is 0.304. The maximum atomic E-state index is 13.0. The zero-order valence-electron chi connectivity index (χ0n) is 16.7. The molecule has 2 aromatic carbocycles. The third-order valence-corrected chi connectivity index (χ3v) is 7.85. The molecule has 32 heavy (non-hydrogen) atoms. The van der Waals surface area contributed by atoms with Crippen molar-refractivity contribution in [3.63, 3.8) is 0 Å². The van der Waals surface area contributed by atoms with Crippen LogP contribution in [0.15, 0.2) is 48.5 Å². The summed E-state index contributed by atoms with van der Waals surface area (Å²) in [7, 11) is 0. The summed E-state index contributed by atoms with van der Waals surface area (Å²) >= 11 is 3.60. The van der Waals surface area contributed by atoms with Gasteiger partial charge in [0.15, 0.2) is 0 Å². The van der Waals surface area contributed by atoms with Gasteiger partial charge in [0.1, 0.15) is 6.10 Å². The van der Waals surface area contributed by atoms with E-state index in [1.807, 2.05) is 0 Å². The average molecular weight is 499 g/mol. The molecule has 0 spiro atoms. The number of carboxylic acids is 1. The van der Waals surface area contributed by atoms with E-state index < -0.39 is 23.7 Å². The number of fused-ring (bicyclic) bond motifs is 1. The van der Waals surface area contributed by atoms with E-state index in [2.05, 4.69) is 26.6 Å². The molecule has 0 unspecified atom stereocenters. The molecule has 164 valence electrons. The predicted molar refractivity (Wildman–Crippen MR) is 118 cm³/mol. The van der Waals surface area contributed by atoms with Crippen molar-refractivity contribution in [1.29, 1.82) is 0 Å². The Morgan fingerprint density at radius 1 is 1.00 bits per heavy atom. The van der Waals surface area contributed by atoms with Crippen LogP contribution in [0, 0.1) is 23.7 Å². The van der Waals surface area contributed by atoms with Gasteiger partial charge in [0.2, 0.25) is 5.91 Å². The highest BCUT2D eigenvalue weighted by Crippen LogP contribution is 2.60. The first kappa shape index (κ1) is 20.7. The van der Waals surface area contributed by atoms with Crippen molar-refractivity contribution in [2.45, 2.75) is 17.4 Å². The molecule has 9 heteroatoms. The molecule has 3 N–H and O–H groups in total. The molecule has 2 aliphatic carbocycles. The Balaban J connectivity index is 1.27. The van der Waals surface area contributed by atoms with Gasteiger partial charge in [-0.2, -0.15) is 0 Å². The molecule has 1 heterocycles. The SMILES string of the molecule is O=C(Nc1ccccc1C(=O)O)c1ccc(NC(=O)[C@@H]2[C@H]3C[C@H]4[C@H](OC(=O)[C@H]42)[C@@H]3Br)cc1. The number of anilines is 2. The van der Waals surface area contributed by atoms with E-state index in [1.165, 1.54) is 12.1 Å². The number of hydrogen-bond acceptors (Lipinski definition) is 5. The lowest BCUT2D eigenvalue weighted by Gasteiger charge is -2.27. The summed E-state index contributed by atoms with van der Waals surface area (Å²) in [6.07, 6.45) is 0.664. The second-order valence-corrected chi connectivity index (χ2v) is 9.39. The molecule has 2 aromatic rings. The minimum Gasteiger partial charge on any atom is -0.478 e. The first-order chi connectivity index (χ1) is 15.3. The number of halogens is 1. The monoisotopic (exact) mass is 498 g/mol. The Labute approximate surface area is 191 Å². The number of amides is 2. The van der Waals surface area contributed by atoms with Crippen LogP contribution in [0.5, 0.6) is 0 Å². The summed E-state index contributed by atoms with van der Waals surface area (Å²) in [4.78, 5) is 49.0. The highest BCUT2D eigenvalue weighted by Gasteiger charge is 2.67. The summed E-state index contributed by atoms with van der Waals surface area (Å²) in [5, 5.41) is 14.7. The molecule has 3 aliphatic rings. The van der Waals surface area contributed by atoms with Crippen LogP contribution in [-0.2, 0) is 14.3 Å². The molecule has 3 fully saturated rings. The van der Waals surface area contributed by atoms with Crippen molar-refractivity contribution in [2.75, 3.05) is 10.6 Å². The van der Waals surface area contributed by atoms with Gasteiger partial charge in [0.05, 0.1) is 27.9 Å². The number of hydrogen-bond donors (Lipinski definition) is 3. The van der Waals surface area contributed by atoms with E-state index in [0.717, 1.165) is 6.42 Å². The van der Waals surface area contributed by atoms with E-state index in [9.17, 15) is 24.3 Å². The number of carboxylic acid groups (broad SMARTS) is 1. The fourth-order valence-corrected chi connectivity index (χ4v) is 6.28. The number of esters is 1. The van der Waals surface area contributed by atoms with Crippen LogP contribution >= 0.6 is 15.9 Å². The van der Waals surface area contributed by atoms with Crippen LogP contribution < -0.4 is 10.6 Å².